The SMILES string of the molecule is CC(=O)OCc1ccc(O)c(NC(C)(C)C)c1.CCC(C)(C)OCCC(C)(C)C.OC1COCC(O)C1. The molecular weight excluding hydrogens is 474 g/mol. The van der Waals surface area contributed by atoms with Crippen LogP contribution in [0.1, 0.15) is 94.1 Å². The molecule has 0 radical (unpaired) electrons. The summed E-state index contributed by atoms with van der Waals surface area (Å²) in [6, 6.07) is 5.10. The molecule has 2 rings (SSSR count). The second-order valence-electron chi connectivity index (χ2n) is 12.4. The monoisotopic (exact) mass is 527 g/mol. The van der Waals surface area contributed by atoms with E-state index in [9.17, 15) is 9.90 Å². The van der Waals surface area contributed by atoms with Gasteiger partial charge < -0.3 is 34.8 Å². The average Bonchev–Trinajstić information content (AvgIpc) is 2.73. The summed E-state index contributed by atoms with van der Waals surface area (Å²) >= 11 is 0. The van der Waals surface area contributed by atoms with E-state index in [0.717, 1.165) is 25.0 Å². The van der Waals surface area contributed by atoms with Gasteiger partial charge >= 0.3 is 5.97 Å². The van der Waals surface area contributed by atoms with E-state index in [2.05, 4.69) is 46.9 Å². The number of hydrogen-bond donors (Lipinski definition) is 4. The highest BCUT2D eigenvalue weighted by Gasteiger charge is 2.18. The van der Waals surface area contributed by atoms with Gasteiger partial charge in [-0.3, -0.25) is 4.79 Å². The predicted octanol–water partition coefficient (Wildman–Crippen LogP) is 5.42. The fourth-order valence-electron chi connectivity index (χ4n) is 2.89. The minimum atomic E-state index is -0.459. The molecule has 0 spiro atoms. The summed E-state index contributed by atoms with van der Waals surface area (Å²) in [4.78, 5) is 10.7. The molecule has 2 atom stereocenters. The molecule has 1 aliphatic heterocycles. The first-order chi connectivity index (χ1) is 16.8. The zero-order valence-electron chi connectivity index (χ0n) is 24.8. The van der Waals surface area contributed by atoms with E-state index in [1.807, 2.05) is 20.8 Å². The lowest BCUT2D eigenvalue weighted by Crippen LogP contribution is -2.32. The van der Waals surface area contributed by atoms with E-state index in [1.165, 1.54) is 6.92 Å². The van der Waals surface area contributed by atoms with Crippen LogP contribution in [0.5, 0.6) is 5.75 Å². The van der Waals surface area contributed by atoms with Crippen LogP contribution in [0.3, 0.4) is 0 Å². The van der Waals surface area contributed by atoms with E-state index >= 15 is 0 Å². The number of aliphatic hydroxyl groups is 2. The number of esters is 1. The molecule has 8 nitrogen and oxygen atoms in total. The number of benzene rings is 1. The lowest BCUT2D eigenvalue weighted by molar-refractivity contribution is -0.142. The highest BCUT2D eigenvalue weighted by atomic mass is 16.5. The Hall–Kier alpha value is -1.87. The van der Waals surface area contributed by atoms with Crippen molar-refractivity contribution in [2.24, 2.45) is 5.41 Å². The van der Waals surface area contributed by atoms with Crippen molar-refractivity contribution in [2.75, 3.05) is 25.1 Å². The second kappa shape index (κ2) is 16.2. The Morgan fingerprint density at radius 1 is 1.05 bits per heavy atom. The minimum Gasteiger partial charge on any atom is -0.506 e. The van der Waals surface area contributed by atoms with Gasteiger partial charge in [0.15, 0.2) is 0 Å². The average molecular weight is 528 g/mol. The van der Waals surface area contributed by atoms with Gasteiger partial charge in [-0.2, -0.15) is 0 Å². The molecule has 2 unspecified atom stereocenters. The van der Waals surface area contributed by atoms with E-state index in [4.69, 9.17) is 24.4 Å². The van der Waals surface area contributed by atoms with Crippen LogP contribution >= 0.6 is 0 Å². The van der Waals surface area contributed by atoms with E-state index < -0.39 is 12.2 Å². The number of phenolic OH excluding ortho intramolecular Hbond substituents is 1. The van der Waals surface area contributed by atoms with Crippen molar-refractivity contribution in [1.29, 1.82) is 0 Å². The molecule has 0 bridgehead atoms. The molecule has 4 N–H and O–H groups in total. The van der Waals surface area contributed by atoms with Crippen LogP contribution in [-0.2, 0) is 25.6 Å². The molecule has 1 fully saturated rings. The summed E-state index contributed by atoms with van der Waals surface area (Å²) in [5.41, 5.74) is 1.79. The molecule has 1 heterocycles. The standard InChI is InChI=1S/C13H19NO3.C11H24O.C5H10O3/c1-9(15)17-8-10-5-6-12(16)11(7-10)14-13(2,3)4;1-7-11(5,6)12-9-8-10(2,3)4;6-4-1-5(7)3-8-2-4/h5-7,14,16H,8H2,1-4H3;7-9H2,1-6H3;4-7H,1-3H2. The molecule has 216 valence electrons. The third kappa shape index (κ3) is 19.9. The molecule has 0 amide bonds. The van der Waals surface area contributed by atoms with Gasteiger partial charge in [-0.15, -0.1) is 0 Å². The number of phenols is 1. The quantitative estimate of drug-likeness (QED) is 0.274. The molecule has 0 saturated carbocycles. The van der Waals surface area contributed by atoms with Gasteiger partial charge in [0.25, 0.3) is 0 Å². The number of ether oxygens (including phenoxy) is 3. The van der Waals surface area contributed by atoms with Crippen LogP contribution in [0, 0.1) is 5.41 Å². The molecule has 1 aromatic carbocycles. The third-order valence-electron chi connectivity index (χ3n) is 5.37. The molecule has 0 aromatic heterocycles. The van der Waals surface area contributed by atoms with Gasteiger partial charge in [0.05, 0.1) is 36.7 Å². The number of carbonyl (C=O) groups is 1. The van der Waals surface area contributed by atoms with Gasteiger partial charge in [-0.1, -0.05) is 33.8 Å². The fraction of sp³-hybridized carbons (Fsp3) is 0.759. The summed E-state index contributed by atoms with van der Waals surface area (Å²) in [5, 5.41) is 30.5. The summed E-state index contributed by atoms with van der Waals surface area (Å²) in [6.45, 7) is 22.4. The molecule has 37 heavy (non-hydrogen) atoms. The van der Waals surface area contributed by atoms with Crippen molar-refractivity contribution >= 4 is 11.7 Å². The van der Waals surface area contributed by atoms with Crippen LogP contribution in [0.25, 0.3) is 0 Å². The Labute approximate surface area is 224 Å². The summed E-state index contributed by atoms with van der Waals surface area (Å²) in [5.74, 6) is -0.130. The molecular formula is C29H53NO7. The molecule has 0 aliphatic carbocycles. The minimum absolute atomic E-state index is 0.0608. The fourth-order valence-corrected chi connectivity index (χ4v) is 2.89. The molecule has 1 aliphatic rings. The Kier molecular flexibility index (Phi) is 15.4. The maximum absolute atomic E-state index is 10.7. The number of anilines is 1. The molecule has 8 heteroatoms. The number of carbonyl (C=O) groups excluding carboxylic acids is 1. The predicted molar refractivity (Wildman–Crippen MR) is 149 cm³/mol. The topological polar surface area (TPSA) is 117 Å². The summed E-state index contributed by atoms with van der Waals surface area (Å²) < 4.78 is 15.5. The normalized spacial score (nSPS) is 18.1. The van der Waals surface area contributed by atoms with E-state index in [0.29, 0.717) is 30.7 Å². The van der Waals surface area contributed by atoms with Crippen molar-refractivity contribution in [3.8, 4) is 5.75 Å². The van der Waals surface area contributed by atoms with Crippen molar-refractivity contribution in [1.82, 2.24) is 0 Å². The van der Waals surface area contributed by atoms with Crippen LogP contribution in [0.4, 0.5) is 5.69 Å². The highest BCUT2D eigenvalue weighted by Crippen LogP contribution is 2.27. The Bertz CT molecular complexity index is 773. The lowest BCUT2D eigenvalue weighted by Gasteiger charge is -2.26. The third-order valence-corrected chi connectivity index (χ3v) is 5.37. The van der Waals surface area contributed by atoms with E-state index in [1.54, 1.807) is 18.2 Å². The van der Waals surface area contributed by atoms with Crippen molar-refractivity contribution in [3.63, 3.8) is 0 Å². The second-order valence-corrected chi connectivity index (χ2v) is 12.4. The molecule has 1 aromatic rings. The molecule has 1 saturated heterocycles. The number of aromatic hydroxyl groups is 1. The van der Waals surface area contributed by atoms with Crippen molar-refractivity contribution < 1.29 is 34.3 Å². The van der Waals surface area contributed by atoms with Crippen LogP contribution in [0.2, 0.25) is 0 Å². The number of aliphatic hydroxyl groups excluding tert-OH is 2. The maximum Gasteiger partial charge on any atom is 0.302 e. The highest BCUT2D eigenvalue weighted by molar-refractivity contribution is 5.66. The van der Waals surface area contributed by atoms with Gasteiger partial charge in [-0.25, -0.2) is 0 Å². The zero-order chi connectivity index (χ0) is 28.9. The van der Waals surface area contributed by atoms with Gasteiger partial charge in [-0.05, 0) is 70.6 Å². The van der Waals surface area contributed by atoms with Gasteiger partial charge in [0, 0.05) is 25.5 Å². The Morgan fingerprint density at radius 2 is 1.62 bits per heavy atom. The Morgan fingerprint density at radius 3 is 2.03 bits per heavy atom. The number of rotatable bonds is 7. The van der Waals surface area contributed by atoms with Gasteiger partial charge in [0.2, 0.25) is 0 Å². The zero-order valence-corrected chi connectivity index (χ0v) is 24.8. The maximum atomic E-state index is 10.7. The van der Waals surface area contributed by atoms with Crippen LogP contribution in [-0.4, -0.2) is 64.5 Å². The summed E-state index contributed by atoms with van der Waals surface area (Å²) in [6.07, 6.45) is 1.76. The summed E-state index contributed by atoms with van der Waals surface area (Å²) in [7, 11) is 0. The number of hydrogen-bond acceptors (Lipinski definition) is 8. The first-order valence-electron chi connectivity index (χ1n) is 13.1. The van der Waals surface area contributed by atoms with Crippen molar-refractivity contribution in [3.05, 3.63) is 23.8 Å². The first kappa shape index (κ1) is 35.1. The lowest BCUT2D eigenvalue weighted by atomic mass is 9.93. The van der Waals surface area contributed by atoms with Crippen LogP contribution in [0.15, 0.2) is 18.2 Å². The van der Waals surface area contributed by atoms with Crippen LogP contribution < -0.4 is 5.32 Å². The van der Waals surface area contributed by atoms with Gasteiger partial charge in [0.1, 0.15) is 12.4 Å². The number of nitrogens with one attached hydrogen (secondary N) is 1. The van der Waals surface area contributed by atoms with Crippen molar-refractivity contribution in [2.45, 2.75) is 118 Å². The van der Waals surface area contributed by atoms with E-state index in [-0.39, 0.29) is 29.5 Å². The largest absolute Gasteiger partial charge is 0.506 e. The Balaban J connectivity index is 0.000000564. The first-order valence-corrected chi connectivity index (χ1v) is 13.1. The smallest absolute Gasteiger partial charge is 0.302 e.